The Balaban J connectivity index is 0.903. The Morgan fingerprint density at radius 3 is 2.50 bits per heavy atom. The van der Waals surface area contributed by atoms with Crippen molar-refractivity contribution in [2.75, 3.05) is 6.54 Å². The van der Waals surface area contributed by atoms with Gasteiger partial charge in [-0.1, -0.05) is 83.5 Å². The summed E-state index contributed by atoms with van der Waals surface area (Å²) >= 11 is 0. The van der Waals surface area contributed by atoms with Crippen LogP contribution in [-0.4, -0.2) is 40.6 Å². The molecule has 290 valence electrons. The van der Waals surface area contributed by atoms with Crippen molar-refractivity contribution in [3.63, 3.8) is 0 Å². The number of ether oxygens (including phenoxy) is 1. The molecule has 56 heavy (non-hydrogen) atoms. The van der Waals surface area contributed by atoms with Crippen LogP contribution >= 0.6 is 0 Å². The van der Waals surface area contributed by atoms with E-state index in [0.29, 0.717) is 30.1 Å². The Labute approximate surface area is 333 Å². The van der Waals surface area contributed by atoms with Gasteiger partial charge in [-0.05, 0) is 120 Å². The SMILES string of the molecule is CC[C@H]1C[C@@H](C2=NC=C(c3ccc4c(c3)COc3cc5c(cc3-4)CCC3=C5CC([C@@H]4CC[C@H](C)C4C(=O)[C@@H](C)C(C)C)=N3)C2)N(C(=O)C(C)c2ccccc2)C1. The summed E-state index contributed by atoms with van der Waals surface area (Å²) in [6, 6.07) is 21.7. The average Bonchev–Trinajstić information content (AvgIpc) is 4.04. The molecular formula is C50H57N3O3. The molecule has 6 aliphatic rings. The van der Waals surface area contributed by atoms with Crippen LogP contribution in [0.5, 0.6) is 5.75 Å². The van der Waals surface area contributed by atoms with Gasteiger partial charge in [-0.2, -0.15) is 0 Å². The molecule has 2 unspecified atom stereocenters. The molecule has 3 aromatic carbocycles. The van der Waals surface area contributed by atoms with Crippen LogP contribution in [0.25, 0.3) is 22.3 Å². The number of likely N-dealkylation sites (tertiary alicyclic amines) is 1. The lowest BCUT2D eigenvalue weighted by Crippen LogP contribution is -2.42. The summed E-state index contributed by atoms with van der Waals surface area (Å²) in [5.41, 5.74) is 14.7. The van der Waals surface area contributed by atoms with Crippen molar-refractivity contribution in [3.05, 3.63) is 100 Å². The zero-order valence-electron chi connectivity index (χ0n) is 34.1. The van der Waals surface area contributed by atoms with Crippen LogP contribution in [0.4, 0.5) is 0 Å². The summed E-state index contributed by atoms with van der Waals surface area (Å²) in [4.78, 5) is 40.0. The van der Waals surface area contributed by atoms with E-state index in [1.165, 1.54) is 55.9 Å². The van der Waals surface area contributed by atoms with Crippen molar-refractivity contribution < 1.29 is 14.3 Å². The molecule has 0 N–H and O–H groups in total. The number of fused-ring (bicyclic) bond motifs is 5. The number of carbonyl (C=O) groups is 2. The van der Waals surface area contributed by atoms with Crippen molar-refractivity contribution in [1.29, 1.82) is 0 Å². The fraction of sp³-hybridized carbons (Fsp3) is 0.480. The number of ketones is 1. The van der Waals surface area contributed by atoms with E-state index in [4.69, 9.17) is 14.7 Å². The second-order valence-corrected chi connectivity index (χ2v) is 18.1. The molecule has 1 saturated carbocycles. The summed E-state index contributed by atoms with van der Waals surface area (Å²) < 4.78 is 6.55. The fourth-order valence-electron chi connectivity index (χ4n) is 10.7. The highest BCUT2D eigenvalue weighted by atomic mass is 16.5. The van der Waals surface area contributed by atoms with Gasteiger partial charge in [0.1, 0.15) is 18.1 Å². The molecular weight excluding hydrogens is 691 g/mol. The number of rotatable bonds is 9. The van der Waals surface area contributed by atoms with Gasteiger partial charge in [0.15, 0.2) is 0 Å². The number of Topliss-reactive ketones (excluding diaryl/α,β-unsaturated/α-hetero) is 1. The largest absolute Gasteiger partial charge is 0.488 e. The number of aryl methyl sites for hydroxylation is 1. The van der Waals surface area contributed by atoms with Gasteiger partial charge >= 0.3 is 0 Å². The van der Waals surface area contributed by atoms with Crippen LogP contribution < -0.4 is 4.74 Å². The van der Waals surface area contributed by atoms with Gasteiger partial charge in [-0.3, -0.25) is 19.6 Å². The summed E-state index contributed by atoms with van der Waals surface area (Å²) in [6.07, 6.45) is 9.79. The first-order chi connectivity index (χ1) is 27.1. The fourth-order valence-corrected chi connectivity index (χ4v) is 10.7. The van der Waals surface area contributed by atoms with Gasteiger partial charge in [-0.15, -0.1) is 0 Å². The Morgan fingerprint density at radius 2 is 1.71 bits per heavy atom. The van der Waals surface area contributed by atoms with E-state index in [0.717, 1.165) is 74.9 Å². The molecule has 0 radical (unpaired) electrons. The van der Waals surface area contributed by atoms with Crippen LogP contribution in [0.1, 0.15) is 120 Å². The average molecular weight is 748 g/mol. The van der Waals surface area contributed by atoms with Gasteiger partial charge in [0.2, 0.25) is 5.91 Å². The molecule has 1 saturated heterocycles. The predicted octanol–water partition coefficient (Wildman–Crippen LogP) is 10.9. The number of hydrogen-bond acceptors (Lipinski definition) is 5. The third-order valence-corrected chi connectivity index (χ3v) is 14.5. The van der Waals surface area contributed by atoms with E-state index in [-0.39, 0.29) is 35.6 Å². The van der Waals surface area contributed by atoms with E-state index in [9.17, 15) is 9.59 Å². The van der Waals surface area contributed by atoms with Gasteiger partial charge in [-0.25, -0.2) is 0 Å². The Bertz CT molecular complexity index is 2210. The van der Waals surface area contributed by atoms with Crippen LogP contribution in [0, 0.1) is 35.5 Å². The maximum absolute atomic E-state index is 13.9. The van der Waals surface area contributed by atoms with Crippen molar-refractivity contribution in [2.24, 2.45) is 45.5 Å². The number of carbonyl (C=O) groups excluding carboxylic acids is 2. The maximum Gasteiger partial charge on any atom is 0.230 e. The van der Waals surface area contributed by atoms with Crippen molar-refractivity contribution >= 4 is 34.3 Å². The molecule has 4 heterocycles. The topological polar surface area (TPSA) is 71.3 Å². The molecule has 7 atom stereocenters. The molecule has 2 fully saturated rings. The highest BCUT2D eigenvalue weighted by Crippen LogP contribution is 2.49. The lowest BCUT2D eigenvalue weighted by Gasteiger charge is -2.28. The van der Waals surface area contributed by atoms with Crippen LogP contribution in [0.2, 0.25) is 0 Å². The molecule has 0 bridgehead atoms. The molecule has 4 aliphatic heterocycles. The summed E-state index contributed by atoms with van der Waals surface area (Å²) in [7, 11) is 0. The Hall–Kier alpha value is -4.58. The number of hydrogen-bond donors (Lipinski definition) is 0. The molecule has 6 heteroatoms. The minimum atomic E-state index is -0.176. The molecule has 6 nitrogen and oxygen atoms in total. The number of allylic oxidation sites excluding steroid dienone is 3. The molecule has 9 rings (SSSR count). The molecule has 3 aromatic rings. The number of nitrogens with zero attached hydrogens (tertiary/aromatic N) is 3. The van der Waals surface area contributed by atoms with E-state index in [1.807, 2.05) is 31.3 Å². The predicted molar refractivity (Wildman–Crippen MR) is 227 cm³/mol. The van der Waals surface area contributed by atoms with E-state index in [1.54, 1.807) is 0 Å². The lowest BCUT2D eigenvalue weighted by atomic mass is 9.76. The first-order valence-electron chi connectivity index (χ1n) is 21.5. The number of amides is 1. The minimum absolute atomic E-state index is 0.0440. The monoisotopic (exact) mass is 747 g/mol. The van der Waals surface area contributed by atoms with Crippen molar-refractivity contribution in [2.45, 2.75) is 111 Å². The Kier molecular flexibility index (Phi) is 9.74. The summed E-state index contributed by atoms with van der Waals surface area (Å²) in [5, 5.41) is 0. The quantitative estimate of drug-likeness (QED) is 0.219. The van der Waals surface area contributed by atoms with Crippen molar-refractivity contribution in [3.8, 4) is 16.9 Å². The molecule has 0 spiro atoms. The second-order valence-electron chi connectivity index (χ2n) is 18.1. The highest BCUT2D eigenvalue weighted by Gasteiger charge is 2.45. The number of aliphatic imine (C=N–C) groups is 2. The van der Waals surface area contributed by atoms with Crippen LogP contribution in [0.3, 0.4) is 0 Å². The van der Waals surface area contributed by atoms with E-state index >= 15 is 0 Å². The zero-order chi connectivity index (χ0) is 38.8. The van der Waals surface area contributed by atoms with Gasteiger partial charge in [0.25, 0.3) is 0 Å². The van der Waals surface area contributed by atoms with Crippen molar-refractivity contribution in [1.82, 2.24) is 4.90 Å². The molecule has 0 aromatic heterocycles. The van der Waals surface area contributed by atoms with Gasteiger partial charge < -0.3 is 9.64 Å². The Morgan fingerprint density at radius 1 is 0.893 bits per heavy atom. The first-order valence-corrected chi connectivity index (χ1v) is 21.5. The van der Waals surface area contributed by atoms with Gasteiger partial charge in [0.05, 0.1) is 12.0 Å². The van der Waals surface area contributed by atoms with E-state index < -0.39 is 0 Å². The number of benzene rings is 3. The second kappa shape index (κ2) is 14.7. The standard InChI is InChI=1S/C50H57N3O3/c1-7-32-19-46(53(26-32)50(55)31(6)33-11-9-8-10-12-33)45-22-36(25-51-45)34-14-17-38-37(20-34)27-56-47-24-40-35(21-42(38)47)15-18-43-41(40)23-44(52-43)39-16-13-29(4)48(39)49(54)30(5)28(2)3/h8-12,14,17,20-21,24-25,28-32,39,46,48H,7,13,15-16,18-19,22-23,26-27H2,1-6H3/t29-,30-,31?,32-,39-,46-,48?/m0/s1. The maximum atomic E-state index is 13.9. The van der Waals surface area contributed by atoms with E-state index in [2.05, 4.69) is 82.0 Å². The summed E-state index contributed by atoms with van der Waals surface area (Å²) in [5.74, 6) is 3.11. The van der Waals surface area contributed by atoms with Crippen LogP contribution in [-0.2, 0) is 22.6 Å². The highest BCUT2D eigenvalue weighted by molar-refractivity contribution is 6.05. The third kappa shape index (κ3) is 6.41. The normalized spacial score (nSPS) is 26.2. The van der Waals surface area contributed by atoms with Gasteiger partial charge in [0, 0.05) is 66.0 Å². The first kappa shape index (κ1) is 37.0. The minimum Gasteiger partial charge on any atom is -0.488 e. The molecule has 2 aliphatic carbocycles. The summed E-state index contributed by atoms with van der Waals surface area (Å²) in [6.45, 7) is 14.3. The van der Waals surface area contributed by atoms with Crippen LogP contribution in [0.15, 0.2) is 82.5 Å². The zero-order valence-corrected chi connectivity index (χ0v) is 34.1. The third-order valence-electron chi connectivity index (χ3n) is 14.5. The molecule has 1 amide bonds. The smallest absolute Gasteiger partial charge is 0.230 e. The lowest BCUT2D eigenvalue weighted by molar-refractivity contribution is -0.132.